The van der Waals surface area contributed by atoms with Crippen LogP contribution in [0.15, 0.2) is 44.9 Å². The summed E-state index contributed by atoms with van der Waals surface area (Å²) >= 11 is 1.52. The number of benzene rings is 1. The van der Waals surface area contributed by atoms with Gasteiger partial charge in [-0.25, -0.2) is 4.79 Å². The van der Waals surface area contributed by atoms with E-state index in [1.165, 1.54) is 17.4 Å². The van der Waals surface area contributed by atoms with Crippen LogP contribution in [0.25, 0.3) is 0 Å². The fourth-order valence-electron chi connectivity index (χ4n) is 3.77. The summed E-state index contributed by atoms with van der Waals surface area (Å²) in [7, 11) is 0. The van der Waals surface area contributed by atoms with Crippen molar-refractivity contribution in [3.63, 3.8) is 0 Å². The van der Waals surface area contributed by atoms with Gasteiger partial charge in [-0.05, 0) is 45.9 Å². The molecule has 0 saturated carbocycles. The molecular formula is C25H30O4S. The zero-order chi connectivity index (χ0) is 22.4. The van der Waals surface area contributed by atoms with E-state index in [0.717, 1.165) is 21.6 Å². The van der Waals surface area contributed by atoms with E-state index in [9.17, 15) is 15.0 Å². The fraction of sp³-hybridized carbons (Fsp3) is 0.400. The Bertz CT molecular complexity index is 1070. The van der Waals surface area contributed by atoms with E-state index in [2.05, 4.69) is 41.5 Å². The highest BCUT2D eigenvalue weighted by atomic mass is 32.1. The maximum Gasteiger partial charge on any atom is 0.343 e. The number of thiophene rings is 1. The van der Waals surface area contributed by atoms with Gasteiger partial charge in [-0.2, -0.15) is 0 Å². The van der Waals surface area contributed by atoms with Gasteiger partial charge in [0.05, 0.1) is 11.5 Å². The van der Waals surface area contributed by atoms with E-state index in [4.69, 9.17) is 4.42 Å². The number of aromatic hydroxyl groups is 2. The summed E-state index contributed by atoms with van der Waals surface area (Å²) in [6, 6.07) is 9.26. The van der Waals surface area contributed by atoms with Crippen LogP contribution >= 0.6 is 11.3 Å². The van der Waals surface area contributed by atoms with Crippen molar-refractivity contribution in [1.29, 1.82) is 0 Å². The topological polar surface area (TPSA) is 70.7 Å². The first-order valence-corrected chi connectivity index (χ1v) is 10.9. The number of rotatable bonds is 3. The van der Waals surface area contributed by atoms with Crippen molar-refractivity contribution in [3.8, 4) is 11.5 Å². The van der Waals surface area contributed by atoms with Crippen LogP contribution in [0.2, 0.25) is 0 Å². The van der Waals surface area contributed by atoms with Gasteiger partial charge in [0.15, 0.2) is 0 Å². The number of aryl methyl sites for hydroxylation is 1. The average molecular weight is 427 g/mol. The lowest BCUT2D eigenvalue weighted by atomic mass is 9.76. The smallest absolute Gasteiger partial charge is 0.343 e. The van der Waals surface area contributed by atoms with Crippen LogP contribution in [-0.4, -0.2) is 10.2 Å². The molecule has 0 aliphatic rings. The Morgan fingerprint density at radius 3 is 1.97 bits per heavy atom. The Morgan fingerprint density at radius 2 is 1.53 bits per heavy atom. The highest BCUT2D eigenvalue weighted by Gasteiger charge is 2.31. The van der Waals surface area contributed by atoms with Crippen molar-refractivity contribution >= 4 is 11.3 Å². The molecule has 160 valence electrons. The maximum absolute atomic E-state index is 12.8. The summed E-state index contributed by atoms with van der Waals surface area (Å²) in [6.07, 6.45) is 0. The minimum absolute atomic E-state index is 0.0788. The lowest BCUT2D eigenvalue weighted by molar-refractivity contribution is 0.419. The van der Waals surface area contributed by atoms with E-state index < -0.39 is 11.5 Å². The van der Waals surface area contributed by atoms with Crippen LogP contribution < -0.4 is 5.63 Å². The summed E-state index contributed by atoms with van der Waals surface area (Å²) in [5.74, 6) is 0.0704. The third-order valence-corrected chi connectivity index (χ3v) is 6.22. The molecule has 0 aliphatic heterocycles. The van der Waals surface area contributed by atoms with E-state index in [-0.39, 0.29) is 27.9 Å². The third kappa shape index (κ3) is 4.17. The number of phenols is 1. The van der Waals surface area contributed by atoms with Crippen molar-refractivity contribution in [3.05, 3.63) is 79.0 Å². The molecule has 3 aromatic rings. The Kier molecular flexibility index (Phi) is 5.63. The van der Waals surface area contributed by atoms with Gasteiger partial charge in [0.2, 0.25) is 0 Å². The molecule has 2 heterocycles. The average Bonchev–Trinajstić information content (AvgIpc) is 3.10. The fourth-order valence-corrected chi connectivity index (χ4v) is 4.63. The Morgan fingerprint density at radius 1 is 0.967 bits per heavy atom. The van der Waals surface area contributed by atoms with Crippen LogP contribution in [0.5, 0.6) is 11.5 Å². The first kappa shape index (κ1) is 22.2. The Labute approximate surface area is 181 Å². The van der Waals surface area contributed by atoms with Gasteiger partial charge in [0.1, 0.15) is 17.3 Å². The second kappa shape index (κ2) is 7.62. The minimum atomic E-state index is -0.548. The molecule has 2 N–H and O–H groups in total. The van der Waals surface area contributed by atoms with Crippen LogP contribution in [0.4, 0.5) is 0 Å². The molecule has 5 heteroatoms. The standard InChI is InChI=1S/C25H30O4S/c1-14-11-18(26)21(23(28)29-14)20(19-9-8-10-30-19)15-12-16(24(2,3)4)22(27)17(13-15)25(5,6)7/h8-13,20,26-27H,1-7H3/t20-/m1/s1. The van der Waals surface area contributed by atoms with Crippen LogP contribution in [0, 0.1) is 6.92 Å². The number of hydrogen-bond acceptors (Lipinski definition) is 5. The number of phenolic OH excluding ortho intramolecular Hbond substituents is 1. The first-order valence-electron chi connectivity index (χ1n) is 10.1. The molecule has 2 aromatic heterocycles. The van der Waals surface area contributed by atoms with Crippen LogP contribution in [0.3, 0.4) is 0 Å². The quantitative estimate of drug-likeness (QED) is 0.523. The highest BCUT2D eigenvalue weighted by molar-refractivity contribution is 7.10. The molecule has 4 nitrogen and oxygen atoms in total. The molecule has 0 spiro atoms. The lowest BCUT2D eigenvalue weighted by Crippen LogP contribution is -2.20. The zero-order valence-corrected chi connectivity index (χ0v) is 19.5. The van der Waals surface area contributed by atoms with Gasteiger partial charge >= 0.3 is 5.63 Å². The van der Waals surface area contributed by atoms with E-state index in [1.54, 1.807) is 6.92 Å². The minimum Gasteiger partial charge on any atom is -0.507 e. The summed E-state index contributed by atoms with van der Waals surface area (Å²) in [6.45, 7) is 14.0. The Hall–Kier alpha value is -2.53. The van der Waals surface area contributed by atoms with Gasteiger partial charge in [0, 0.05) is 10.9 Å². The van der Waals surface area contributed by atoms with Gasteiger partial charge in [-0.15, -0.1) is 11.3 Å². The van der Waals surface area contributed by atoms with Gasteiger partial charge in [-0.3, -0.25) is 0 Å². The summed E-state index contributed by atoms with van der Waals surface area (Å²) in [5, 5.41) is 23.7. The molecule has 3 rings (SSSR count). The second-order valence-electron chi connectivity index (χ2n) is 9.86. The molecule has 0 fully saturated rings. The van der Waals surface area contributed by atoms with Gasteiger partial charge < -0.3 is 14.6 Å². The summed E-state index contributed by atoms with van der Waals surface area (Å²) in [5.41, 5.74) is 1.52. The van der Waals surface area contributed by atoms with E-state index in [1.807, 2.05) is 29.6 Å². The lowest BCUT2D eigenvalue weighted by Gasteiger charge is -2.30. The Balaban J connectivity index is 2.40. The van der Waals surface area contributed by atoms with Crippen molar-refractivity contribution < 1.29 is 14.6 Å². The highest BCUT2D eigenvalue weighted by Crippen LogP contribution is 2.44. The van der Waals surface area contributed by atoms with Crippen LogP contribution in [-0.2, 0) is 10.8 Å². The summed E-state index contributed by atoms with van der Waals surface area (Å²) in [4.78, 5) is 13.8. The van der Waals surface area contributed by atoms with Crippen molar-refractivity contribution in [1.82, 2.24) is 0 Å². The maximum atomic E-state index is 12.8. The summed E-state index contributed by atoms with van der Waals surface area (Å²) < 4.78 is 5.35. The van der Waals surface area contributed by atoms with Crippen molar-refractivity contribution in [2.75, 3.05) is 0 Å². The molecule has 1 aromatic carbocycles. The third-order valence-electron chi connectivity index (χ3n) is 5.29. The monoisotopic (exact) mass is 426 g/mol. The molecule has 0 bridgehead atoms. The molecule has 0 aliphatic carbocycles. The van der Waals surface area contributed by atoms with Crippen molar-refractivity contribution in [2.24, 2.45) is 0 Å². The molecule has 0 radical (unpaired) electrons. The molecule has 0 unspecified atom stereocenters. The van der Waals surface area contributed by atoms with E-state index >= 15 is 0 Å². The predicted octanol–water partition coefficient (Wildman–Crippen LogP) is 6.20. The second-order valence-corrected chi connectivity index (χ2v) is 10.8. The molecule has 30 heavy (non-hydrogen) atoms. The van der Waals surface area contributed by atoms with Crippen molar-refractivity contribution in [2.45, 2.75) is 65.2 Å². The van der Waals surface area contributed by atoms with E-state index in [0.29, 0.717) is 5.76 Å². The molecule has 0 amide bonds. The number of hydrogen-bond donors (Lipinski definition) is 2. The van der Waals surface area contributed by atoms with Gasteiger partial charge in [-0.1, -0.05) is 59.7 Å². The SMILES string of the molecule is Cc1cc(O)c([C@H](c2cc(C(C)(C)C)c(O)c(C(C)(C)C)c2)c2cccs2)c(=O)o1. The molecule has 1 atom stereocenters. The van der Waals surface area contributed by atoms with Crippen LogP contribution in [0.1, 0.15) is 80.4 Å². The van der Waals surface area contributed by atoms with Gasteiger partial charge in [0.25, 0.3) is 0 Å². The normalized spacial score (nSPS) is 13.4. The largest absolute Gasteiger partial charge is 0.507 e. The zero-order valence-electron chi connectivity index (χ0n) is 18.7. The first-order chi connectivity index (χ1) is 13.8. The molecule has 0 saturated heterocycles. The predicted molar refractivity (Wildman–Crippen MR) is 122 cm³/mol. The molecular weight excluding hydrogens is 396 g/mol.